The van der Waals surface area contributed by atoms with Gasteiger partial charge in [0.1, 0.15) is 6.04 Å². The lowest BCUT2D eigenvalue weighted by molar-refractivity contribution is -0.117. The minimum atomic E-state index is -3.71. The molecule has 0 saturated heterocycles. The molecule has 0 bridgehead atoms. The van der Waals surface area contributed by atoms with E-state index in [1.165, 1.54) is 6.07 Å². The Balaban J connectivity index is 2.40. The van der Waals surface area contributed by atoms with Crippen LogP contribution >= 0.6 is 23.2 Å². The molecule has 1 amide bonds. The molecule has 2 aromatic rings. The third-order valence-corrected chi connectivity index (χ3v) is 5.27. The summed E-state index contributed by atoms with van der Waals surface area (Å²) in [5, 5.41) is 3.44. The molecule has 134 valence electrons. The second kappa shape index (κ2) is 8.08. The van der Waals surface area contributed by atoms with Gasteiger partial charge >= 0.3 is 0 Å². The second-order valence-corrected chi connectivity index (χ2v) is 8.13. The first-order valence-corrected chi connectivity index (χ1v) is 10.1. The van der Waals surface area contributed by atoms with Crippen molar-refractivity contribution in [3.63, 3.8) is 0 Å². The fourth-order valence-electron chi connectivity index (χ4n) is 2.45. The third kappa shape index (κ3) is 4.87. The van der Waals surface area contributed by atoms with E-state index in [0.717, 1.165) is 10.6 Å². The van der Waals surface area contributed by atoms with Crippen LogP contribution in [0.1, 0.15) is 13.3 Å². The number of halogens is 2. The number of hydrogen-bond donors (Lipinski definition) is 1. The van der Waals surface area contributed by atoms with Crippen LogP contribution in [0.5, 0.6) is 0 Å². The largest absolute Gasteiger partial charge is 0.323 e. The van der Waals surface area contributed by atoms with E-state index in [-0.39, 0.29) is 6.42 Å². The van der Waals surface area contributed by atoms with E-state index in [0.29, 0.717) is 21.4 Å². The molecule has 1 atom stereocenters. The van der Waals surface area contributed by atoms with Gasteiger partial charge in [0, 0.05) is 5.02 Å². The number of anilines is 2. The Labute approximate surface area is 157 Å². The van der Waals surface area contributed by atoms with Crippen molar-refractivity contribution in [3.05, 3.63) is 58.6 Å². The molecule has 0 fully saturated rings. The van der Waals surface area contributed by atoms with E-state index in [9.17, 15) is 13.2 Å². The Morgan fingerprint density at radius 2 is 1.84 bits per heavy atom. The Kier molecular flexibility index (Phi) is 6.32. The molecule has 2 rings (SSSR count). The molecule has 0 unspecified atom stereocenters. The minimum Gasteiger partial charge on any atom is -0.323 e. The minimum absolute atomic E-state index is 0.274. The fourth-order valence-corrected chi connectivity index (χ4v) is 4.02. The zero-order valence-electron chi connectivity index (χ0n) is 13.7. The van der Waals surface area contributed by atoms with Crippen LogP contribution in [0.15, 0.2) is 48.5 Å². The summed E-state index contributed by atoms with van der Waals surface area (Å²) >= 11 is 12.0. The number of rotatable bonds is 6. The highest BCUT2D eigenvalue weighted by molar-refractivity contribution is 7.92. The molecule has 0 radical (unpaired) electrons. The first-order chi connectivity index (χ1) is 11.7. The van der Waals surface area contributed by atoms with Crippen molar-refractivity contribution >= 4 is 50.5 Å². The van der Waals surface area contributed by atoms with Gasteiger partial charge in [0.15, 0.2) is 0 Å². The molecule has 1 N–H and O–H groups in total. The molecule has 0 aliphatic rings. The zero-order chi connectivity index (χ0) is 18.6. The number of para-hydroxylation sites is 1. The number of sulfonamides is 1. The highest BCUT2D eigenvalue weighted by atomic mass is 35.5. The van der Waals surface area contributed by atoms with Crippen LogP contribution in [-0.2, 0) is 14.8 Å². The standard InChI is InChI=1S/C17H18Cl2N2O3S/c1-3-16(17(22)20-15-10-5-4-9-14(15)19)21(25(2,23)24)13-8-6-7-12(18)11-13/h4-11,16H,3H2,1-2H3,(H,20,22)/t16-/m1/s1. The number of hydrogen-bond acceptors (Lipinski definition) is 3. The molecule has 0 heterocycles. The van der Waals surface area contributed by atoms with Crippen molar-refractivity contribution in [2.45, 2.75) is 19.4 Å². The van der Waals surface area contributed by atoms with Gasteiger partial charge in [-0.15, -0.1) is 0 Å². The van der Waals surface area contributed by atoms with Gasteiger partial charge in [0.05, 0.1) is 22.7 Å². The SMILES string of the molecule is CC[C@H](C(=O)Nc1ccccc1Cl)N(c1cccc(Cl)c1)S(C)(=O)=O. The Morgan fingerprint density at radius 3 is 2.40 bits per heavy atom. The second-order valence-electron chi connectivity index (χ2n) is 5.43. The molecular formula is C17H18Cl2N2O3S. The summed E-state index contributed by atoms with van der Waals surface area (Å²) < 4.78 is 25.8. The normalized spacial score (nSPS) is 12.5. The van der Waals surface area contributed by atoms with Crippen molar-refractivity contribution in [1.82, 2.24) is 0 Å². The Bertz CT molecular complexity index is 872. The van der Waals surface area contributed by atoms with Crippen molar-refractivity contribution < 1.29 is 13.2 Å². The molecule has 0 aliphatic heterocycles. The van der Waals surface area contributed by atoms with Crippen molar-refractivity contribution in [2.75, 3.05) is 15.9 Å². The van der Waals surface area contributed by atoms with E-state index < -0.39 is 22.0 Å². The average Bonchev–Trinajstić information content (AvgIpc) is 2.53. The van der Waals surface area contributed by atoms with E-state index in [1.807, 2.05) is 0 Å². The lowest BCUT2D eigenvalue weighted by Crippen LogP contribution is -2.47. The summed E-state index contributed by atoms with van der Waals surface area (Å²) in [6.45, 7) is 1.74. The van der Waals surface area contributed by atoms with Gasteiger partial charge in [-0.25, -0.2) is 8.42 Å². The summed E-state index contributed by atoms with van der Waals surface area (Å²) in [4.78, 5) is 12.7. The van der Waals surface area contributed by atoms with Crippen molar-refractivity contribution in [3.8, 4) is 0 Å². The summed E-state index contributed by atoms with van der Waals surface area (Å²) in [5.41, 5.74) is 0.753. The van der Waals surface area contributed by atoms with Gasteiger partial charge in [0.25, 0.3) is 0 Å². The maximum absolute atomic E-state index is 12.7. The Hall–Kier alpha value is -1.76. The van der Waals surface area contributed by atoms with Gasteiger partial charge < -0.3 is 5.32 Å². The topological polar surface area (TPSA) is 66.5 Å². The van der Waals surface area contributed by atoms with Gasteiger partial charge in [-0.1, -0.05) is 48.3 Å². The van der Waals surface area contributed by atoms with E-state index >= 15 is 0 Å². The highest BCUT2D eigenvalue weighted by Gasteiger charge is 2.31. The number of nitrogens with one attached hydrogen (secondary N) is 1. The summed E-state index contributed by atoms with van der Waals surface area (Å²) in [6.07, 6.45) is 1.33. The first-order valence-electron chi connectivity index (χ1n) is 7.54. The lowest BCUT2D eigenvalue weighted by Gasteiger charge is -2.30. The van der Waals surface area contributed by atoms with Gasteiger partial charge in [-0.05, 0) is 36.8 Å². The number of carbonyl (C=O) groups is 1. The molecular weight excluding hydrogens is 383 g/mol. The summed E-state index contributed by atoms with van der Waals surface area (Å²) in [7, 11) is -3.71. The smallest absolute Gasteiger partial charge is 0.248 e. The summed E-state index contributed by atoms with van der Waals surface area (Å²) in [6, 6.07) is 12.2. The monoisotopic (exact) mass is 400 g/mol. The van der Waals surface area contributed by atoms with Gasteiger partial charge in [-0.2, -0.15) is 0 Å². The Morgan fingerprint density at radius 1 is 1.16 bits per heavy atom. The van der Waals surface area contributed by atoms with Crippen LogP contribution < -0.4 is 9.62 Å². The first kappa shape index (κ1) is 19.6. The molecule has 2 aromatic carbocycles. The van der Waals surface area contributed by atoms with Crippen molar-refractivity contribution in [1.29, 1.82) is 0 Å². The number of amides is 1. The molecule has 25 heavy (non-hydrogen) atoms. The van der Waals surface area contributed by atoms with Crippen LogP contribution in [-0.4, -0.2) is 26.6 Å². The van der Waals surface area contributed by atoms with Gasteiger partial charge in [0.2, 0.25) is 15.9 Å². The molecule has 0 aliphatic carbocycles. The van der Waals surface area contributed by atoms with Crippen molar-refractivity contribution in [2.24, 2.45) is 0 Å². The zero-order valence-corrected chi connectivity index (χ0v) is 16.1. The van der Waals surface area contributed by atoms with E-state index in [1.54, 1.807) is 49.4 Å². The number of benzene rings is 2. The lowest BCUT2D eigenvalue weighted by atomic mass is 10.2. The van der Waals surface area contributed by atoms with Crippen LogP contribution in [0.4, 0.5) is 11.4 Å². The quantitative estimate of drug-likeness (QED) is 0.790. The molecule has 0 aromatic heterocycles. The average molecular weight is 401 g/mol. The predicted octanol–water partition coefficient (Wildman–Crippen LogP) is 4.18. The number of carbonyl (C=O) groups excluding carboxylic acids is 1. The summed E-state index contributed by atoms with van der Waals surface area (Å²) in [5.74, 6) is -0.471. The maximum Gasteiger partial charge on any atom is 0.248 e. The van der Waals surface area contributed by atoms with Crippen LogP contribution in [0.25, 0.3) is 0 Å². The third-order valence-electron chi connectivity index (χ3n) is 3.52. The molecule has 0 spiro atoms. The highest BCUT2D eigenvalue weighted by Crippen LogP contribution is 2.27. The van der Waals surface area contributed by atoms with E-state index in [2.05, 4.69) is 5.32 Å². The van der Waals surface area contributed by atoms with E-state index in [4.69, 9.17) is 23.2 Å². The van der Waals surface area contributed by atoms with Crippen LogP contribution in [0.3, 0.4) is 0 Å². The fraction of sp³-hybridized carbons (Fsp3) is 0.235. The maximum atomic E-state index is 12.7. The van der Waals surface area contributed by atoms with Crippen LogP contribution in [0.2, 0.25) is 10.0 Å². The predicted molar refractivity (Wildman–Crippen MR) is 103 cm³/mol. The molecule has 5 nitrogen and oxygen atoms in total. The number of nitrogens with zero attached hydrogens (tertiary/aromatic N) is 1. The molecule has 8 heteroatoms. The molecule has 0 saturated carbocycles. The van der Waals surface area contributed by atoms with Crippen LogP contribution in [0, 0.1) is 0 Å². The van der Waals surface area contributed by atoms with Gasteiger partial charge in [-0.3, -0.25) is 9.10 Å².